The van der Waals surface area contributed by atoms with Crippen LogP contribution < -0.4 is 11.1 Å². The first-order valence-corrected chi connectivity index (χ1v) is 6.85. The second-order valence-electron chi connectivity index (χ2n) is 4.63. The fourth-order valence-corrected chi connectivity index (χ4v) is 2.29. The van der Waals surface area contributed by atoms with E-state index in [1.54, 1.807) is 0 Å². The van der Waals surface area contributed by atoms with Gasteiger partial charge in [0.15, 0.2) is 0 Å². The quantitative estimate of drug-likeness (QED) is 0.756. The molecule has 102 valence electrons. The maximum Gasteiger partial charge on any atom is 0.134 e. The Balaban J connectivity index is 1.87. The van der Waals surface area contributed by atoms with Gasteiger partial charge in [0.1, 0.15) is 11.3 Å². The van der Waals surface area contributed by atoms with Gasteiger partial charge < -0.3 is 15.5 Å². The Labute approximate surface area is 122 Å². The van der Waals surface area contributed by atoms with E-state index in [9.17, 15) is 0 Å². The Morgan fingerprint density at radius 1 is 1.10 bits per heavy atom. The third-order valence-electron chi connectivity index (χ3n) is 3.21. The van der Waals surface area contributed by atoms with Gasteiger partial charge in [-0.2, -0.15) is 0 Å². The Hall–Kier alpha value is -1.97. The monoisotopic (exact) mass is 286 g/mol. The van der Waals surface area contributed by atoms with Crippen LogP contribution in [0.25, 0.3) is 11.0 Å². The van der Waals surface area contributed by atoms with Crippen molar-refractivity contribution in [3.8, 4) is 0 Å². The average molecular weight is 287 g/mol. The van der Waals surface area contributed by atoms with Crippen molar-refractivity contribution in [2.45, 2.75) is 6.04 Å². The number of fused-ring (bicyclic) bond motifs is 1. The summed E-state index contributed by atoms with van der Waals surface area (Å²) in [5.74, 6) is 0.837. The predicted octanol–water partition coefficient (Wildman–Crippen LogP) is 4.20. The van der Waals surface area contributed by atoms with E-state index < -0.39 is 0 Å². The zero-order valence-electron chi connectivity index (χ0n) is 10.8. The molecule has 0 aliphatic rings. The molecule has 2 aromatic carbocycles. The summed E-state index contributed by atoms with van der Waals surface area (Å²) in [6.07, 6.45) is 0. The van der Waals surface area contributed by atoms with Crippen LogP contribution in [0.4, 0.5) is 5.69 Å². The minimum Gasteiger partial charge on any atom is -0.459 e. The van der Waals surface area contributed by atoms with Gasteiger partial charge in [0, 0.05) is 22.6 Å². The number of halogens is 1. The number of para-hydroxylation sites is 1. The number of rotatable bonds is 4. The third kappa shape index (κ3) is 2.64. The molecule has 0 radical (unpaired) electrons. The molecular weight excluding hydrogens is 272 g/mol. The highest BCUT2D eigenvalue weighted by atomic mass is 35.5. The number of anilines is 1. The summed E-state index contributed by atoms with van der Waals surface area (Å²) in [5.41, 5.74) is 7.69. The van der Waals surface area contributed by atoms with Gasteiger partial charge in [0.2, 0.25) is 0 Å². The van der Waals surface area contributed by atoms with Crippen LogP contribution in [0.5, 0.6) is 0 Å². The van der Waals surface area contributed by atoms with Gasteiger partial charge in [0.05, 0.1) is 6.04 Å². The normalized spacial score (nSPS) is 12.5. The van der Waals surface area contributed by atoms with E-state index in [0.717, 1.165) is 22.4 Å². The molecule has 0 fully saturated rings. The smallest absolute Gasteiger partial charge is 0.134 e. The molecule has 20 heavy (non-hydrogen) atoms. The van der Waals surface area contributed by atoms with Crippen molar-refractivity contribution in [1.82, 2.24) is 0 Å². The van der Waals surface area contributed by atoms with Crippen molar-refractivity contribution >= 4 is 28.3 Å². The third-order valence-corrected chi connectivity index (χ3v) is 3.46. The van der Waals surface area contributed by atoms with Gasteiger partial charge in [-0.1, -0.05) is 29.8 Å². The minimum atomic E-state index is -0.0661. The van der Waals surface area contributed by atoms with Crippen molar-refractivity contribution < 1.29 is 4.42 Å². The van der Waals surface area contributed by atoms with Gasteiger partial charge in [0.25, 0.3) is 0 Å². The van der Waals surface area contributed by atoms with Crippen LogP contribution in [0.1, 0.15) is 11.8 Å². The van der Waals surface area contributed by atoms with E-state index in [4.69, 9.17) is 21.8 Å². The second-order valence-corrected chi connectivity index (χ2v) is 5.06. The minimum absolute atomic E-state index is 0.0661. The lowest BCUT2D eigenvalue weighted by Crippen LogP contribution is -2.19. The van der Waals surface area contributed by atoms with Crippen LogP contribution in [-0.4, -0.2) is 6.54 Å². The molecular formula is C16H15ClN2O. The topological polar surface area (TPSA) is 51.2 Å². The van der Waals surface area contributed by atoms with E-state index in [0.29, 0.717) is 11.6 Å². The van der Waals surface area contributed by atoms with Crippen LogP contribution in [0, 0.1) is 0 Å². The molecule has 3 nitrogen and oxygen atoms in total. The van der Waals surface area contributed by atoms with Crippen molar-refractivity contribution in [2.75, 3.05) is 11.9 Å². The summed E-state index contributed by atoms with van der Waals surface area (Å²) in [7, 11) is 0. The Bertz CT molecular complexity index is 673. The van der Waals surface area contributed by atoms with Crippen molar-refractivity contribution in [1.29, 1.82) is 0 Å². The summed E-state index contributed by atoms with van der Waals surface area (Å²) in [4.78, 5) is 0. The molecule has 0 bridgehead atoms. The zero-order valence-corrected chi connectivity index (χ0v) is 11.6. The average Bonchev–Trinajstić information content (AvgIpc) is 2.90. The molecule has 0 spiro atoms. The first-order valence-electron chi connectivity index (χ1n) is 6.47. The molecule has 1 aromatic heterocycles. The van der Waals surface area contributed by atoms with E-state index in [-0.39, 0.29) is 6.04 Å². The molecule has 0 aliphatic heterocycles. The van der Waals surface area contributed by atoms with Gasteiger partial charge in [-0.05, 0) is 36.4 Å². The molecule has 0 amide bonds. The van der Waals surface area contributed by atoms with Crippen LogP contribution in [0.3, 0.4) is 0 Å². The van der Waals surface area contributed by atoms with Gasteiger partial charge in [-0.25, -0.2) is 0 Å². The lowest BCUT2D eigenvalue weighted by atomic mass is 10.2. The molecule has 4 heteroatoms. The summed E-state index contributed by atoms with van der Waals surface area (Å²) in [6.45, 7) is 0.447. The van der Waals surface area contributed by atoms with E-state index >= 15 is 0 Å². The molecule has 3 N–H and O–H groups in total. The Morgan fingerprint density at radius 3 is 2.55 bits per heavy atom. The molecule has 3 aromatic rings. The number of nitrogens with two attached hydrogens (primary N) is 1. The molecule has 0 aliphatic carbocycles. The highest BCUT2D eigenvalue weighted by molar-refractivity contribution is 6.30. The predicted molar refractivity (Wildman–Crippen MR) is 83.1 cm³/mol. The first kappa shape index (κ1) is 13.0. The van der Waals surface area contributed by atoms with Gasteiger partial charge >= 0.3 is 0 Å². The largest absolute Gasteiger partial charge is 0.459 e. The lowest BCUT2D eigenvalue weighted by Gasteiger charge is -2.15. The fourth-order valence-electron chi connectivity index (χ4n) is 2.17. The van der Waals surface area contributed by atoms with Crippen molar-refractivity contribution in [3.63, 3.8) is 0 Å². The molecule has 1 unspecified atom stereocenters. The number of furan rings is 1. The molecule has 0 saturated carbocycles. The summed E-state index contributed by atoms with van der Waals surface area (Å²) < 4.78 is 5.85. The van der Waals surface area contributed by atoms with Crippen molar-refractivity contribution in [2.24, 2.45) is 5.73 Å². The Morgan fingerprint density at radius 2 is 1.85 bits per heavy atom. The number of hydrogen-bond acceptors (Lipinski definition) is 3. The number of nitrogens with one attached hydrogen (secondary N) is 1. The first-order chi connectivity index (χ1) is 9.76. The summed E-state index contributed by atoms with van der Waals surface area (Å²) in [5, 5.41) is 5.15. The Kier molecular flexibility index (Phi) is 3.63. The SMILES string of the molecule is NCC(Nc1ccc(Cl)cc1)c1cc2ccccc2o1. The van der Waals surface area contributed by atoms with E-state index in [1.807, 2.05) is 54.6 Å². The molecule has 1 atom stereocenters. The van der Waals surface area contributed by atoms with Crippen molar-refractivity contribution in [3.05, 3.63) is 65.4 Å². The fraction of sp³-hybridized carbons (Fsp3) is 0.125. The molecule has 3 rings (SSSR count). The summed E-state index contributed by atoms with van der Waals surface area (Å²) >= 11 is 5.88. The van der Waals surface area contributed by atoms with Crippen LogP contribution in [0.2, 0.25) is 5.02 Å². The maximum absolute atomic E-state index is 5.88. The zero-order chi connectivity index (χ0) is 13.9. The van der Waals surface area contributed by atoms with E-state index in [2.05, 4.69) is 5.32 Å². The highest BCUT2D eigenvalue weighted by Crippen LogP contribution is 2.26. The standard InChI is InChI=1S/C16H15ClN2O/c17-12-5-7-13(8-6-12)19-14(10-18)16-9-11-3-1-2-4-15(11)20-16/h1-9,14,19H,10,18H2. The van der Waals surface area contributed by atoms with Gasteiger partial charge in [-0.15, -0.1) is 0 Å². The number of hydrogen-bond donors (Lipinski definition) is 2. The van der Waals surface area contributed by atoms with Crippen LogP contribution >= 0.6 is 11.6 Å². The van der Waals surface area contributed by atoms with Crippen LogP contribution in [-0.2, 0) is 0 Å². The summed E-state index contributed by atoms with van der Waals surface area (Å²) in [6, 6.07) is 17.4. The molecule has 1 heterocycles. The number of benzene rings is 2. The van der Waals surface area contributed by atoms with E-state index in [1.165, 1.54) is 0 Å². The van der Waals surface area contributed by atoms with Gasteiger partial charge in [-0.3, -0.25) is 0 Å². The second kappa shape index (κ2) is 5.57. The molecule has 0 saturated heterocycles. The highest BCUT2D eigenvalue weighted by Gasteiger charge is 2.14. The lowest BCUT2D eigenvalue weighted by molar-refractivity contribution is 0.515. The maximum atomic E-state index is 5.88. The van der Waals surface area contributed by atoms with Crippen LogP contribution in [0.15, 0.2) is 59.0 Å².